The van der Waals surface area contributed by atoms with E-state index < -0.39 is 0 Å². The van der Waals surface area contributed by atoms with Crippen LogP contribution in [0.5, 0.6) is 5.75 Å². The van der Waals surface area contributed by atoms with Gasteiger partial charge in [0.15, 0.2) is 0 Å². The summed E-state index contributed by atoms with van der Waals surface area (Å²) < 4.78 is 7.03. The number of pyridine rings is 1. The van der Waals surface area contributed by atoms with Gasteiger partial charge in [0.2, 0.25) is 5.82 Å². The number of hydrogen-bond donors (Lipinski definition) is 0. The zero-order valence-electron chi connectivity index (χ0n) is 11.2. The second kappa shape index (κ2) is 4.77. The molecule has 5 heteroatoms. The van der Waals surface area contributed by atoms with Crippen LogP contribution in [0.4, 0.5) is 5.82 Å². The third-order valence-corrected chi connectivity index (χ3v) is 3.27. The largest absolute Gasteiger partial charge is 0.496 e. The van der Waals surface area contributed by atoms with Crippen LogP contribution in [0.1, 0.15) is 5.56 Å². The summed E-state index contributed by atoms with van der Waals surface area (Å²) in [6.07, 6.45) is 1.78. The van der Waals surface area contributed by atoms with Crippen LogP contribution in [0, 0.1) is 11.8 Å². The molecule has 100 valence electrons. The summed E-state index contributed by atoms with van der Waals surface area (Å²) in [6, 6.07) is 11.3. The molecule has 0 radical (unpaired) electrons. The molecule has 2 aromatic heterocycles. The maximum atomic E-state index is 11.2. The van der Waals surface area contributed by atoms with E-state index in [4.69, 9.17) is 4.74 Å². The number of ether oxygens (including phenoxy) is 1. The highest BCUT2D eigenvalue weighted by Gasteiger charge is 2.18. The number of rotatable bonds is 3. The second-order valence-electron chi connectivity index (χ2n) is 4.46. The molecule has 0 atom stereocenters. The van der Waals surface area contributed by atoms with Gasteiger partial charge in [0.05, 0.1) is 7.11 Å². The van der Waals surface area contributed by atoms with Crippen molar-refractivity contribution in [2.24, 2.45) is 5.18 Å². The van der Waals surface area contributed by atoms with Crippen LogP contribution in [0.2, 0.25) is 0 Å². The van der Waals surface area contributed by atoms with Gasteiger partial charge < -0.3 is 4.74 Å². The molecule has 0 aliphatic heterocycles. The van der Waals surface area contributed by atoms with Crippen LogP contribution < -0.4 is 4.74 Å². The lowest BCUT2D eigenvalue weighted by Gasteiger charge is -2.05. The quantitative estimate of drug-likeness (QED) is 0.679. The Morgan fingerprint density at radius 3 is 2.75 bits per heavy atom. The number of fused-ring (bicyclic) bond motifs is 1. The van der Waals surface area contributed by atoms with Gasteiger partial charge in [-0.05, 0) is 35.9 Å². The normalized spacial score (nSPS) is 10.7. The van der Waals surface area contributed by atoms with Crippen molar-refractivity contribution in [1.29, 1.82) is 0 Å². The third kappa shape index (κ3) is 1.75. The van der Waals surface area contributed by atoms with E-state index in [1.54, 1.807) is 17.7 Å². The molecule has 0 unspecified atom stereocenters. The number of hydrogen-bond acceptors (Lipinski definition) is 4. The van der Waals surface area contributed by atoms with E-state index in [9.17, 15) is 4.91 Å². The number of benzene rings is 1. The fourth-order valence-electron chi connectivity index (χ4n) is 2.30. The number of para-hydroxylation sites is 1. The first-order chi connectivity index (χ1) is 9.76. The standard InChI is InChI=1S/C15H13N3O2/c1-10-6-5-9-18-14(10)16-13(15(18)17-19)11-7-3-4-8-12(11)20-2/h3-9H,1-2H3. The Labute approximate surface area is 115 Å². The molecule has 0 saturated carbocycles. The van der Waals surface area contributed by atoms with Crippen LogP contribution in [-0.4, -0.2) is 16.5 Å². The minimum atomic E-state index is 0.285. The predicted octanol–water partition coefficient (Wildman–Crippen LogP) is 3.72. The van der Waals surface area contributed by atoms with Gasteiger partial charge in [-0.2, -0.15) is 0 Å². The number of methoxy groups -OCH3 is 1. The molecule has 20 heavy (non-hydrogen) atoms. The third-order valence-electron chi connectivity index (χ3n) is 3.27. The second-order valence-corrected chi connectivity index (χ2v) is 4.46. The van der Waals surface area contributed by atoms with E-state index in [1.807, 2.05) is 43.3 Å². The molecule has 1 aromatic carbocycles. The maximum absolute atomic E-state index is 11.2. The molecular weight excluding hydrogens is 254 g/mol. The average molecular weight is 267 g/mol. The van der Waals surface area contributed by atoms with Gasteiger partial charge in [-0.25, -0.2) is 4.98 Å². The Kier molecular flexibility index (Phi) is 2.95. The summed E-state index contributed by atoms with van der Waals surface area (Å²) in [5.41, 5.74) is 3.00. The summed E-state index contributed by atoms with van der Waals surface area (Å²) in [5, 5.41) is 3.15. The van der Waals surface area contributed by atoms with Crippen molar-refractivity contribution in [3.05, 3.63) is 53.1 Å². The van der Waals surface area contributed by atoms with Crippen molar-refractivity contribution in [2.75, 3.05) is 7.11 Å². The van der Waals surface area contributed by atoms with Crippen LogP contribution >= 0.6 is 0 Å². The first kappa shape index (κ1) is 12.3. The summed E-state index contributed by atoms with van der Waals surface area (Å²) >= 11 is 0. The average Bonchev–Trinajstić information content (AvgIpc) is 2.87. The van der Waals surface area contributed by atoms with Gasteiger partial charge in [-0.1, -0.05) is 18.2 Å². The Bertz CT molecular complexity index is 793. The van der Waals surface area contributed by atoms with Crippen molar-refractivity contribution >= 4 is 11.5 Å². The van der Waals surface area contributed by atoms with Crippen molar-refractivity contribution in [3.63, 3.8) is 0 Å². The van der Waals surface area contributed by atoms with E-state index in [0.717, 1.165) is 16.8 Å². The molecule has 3 rings (SSSR count). The lowest BCUT2D eigenvalue weighted by Crippen LogP contribution is -1.87. The first-order valence-corrected chi connectivity index (χ1v) is 6.20. The molecule has 0 aliphatic rings. The molecule has 2 heterocycles. The van der Waals surface area contributed by atoms with Crippen LogP contribution in [-0.2, 0) is 0 Å². The summed E-state index contributed by atoms with van der Waals surface area (Å²) in [5.74, 6) is 0.951. The molecule has 0 amide bonds. The van der Waals surface area contributed by atoms with Crippen molar-refractivity contribution in [2.45, 2.75) is 6.92 Å². The number of aromatic nitrogens is 2. The van der Waals surface area contributed by atoms with E-state index in [-0.39, 0.29) is 5.82 Å². The smallest absolute Gasteiger partial charge is 0.209 e. The van der Waals surface area contributed by atoms with Crippen LogP contribution in [0.25, 0.3) is 16.9 Å². The molecule has 0 fully saturated rings. The predicted molar refractivity (Wildman–Crippen MR) is 77.4 cm³/mol. The Morgan fingerprint density at radius 2 is 2.00 bits per heavy atom. The number of nitroso groups, excluding NO2 is 1. The minimum Gasteiger partial charge on any atom is -0.496 e. The summed E-state index contributed by atoms with van der Waals surface area (Å²) in [6.45, 7) is 1.95. The number of aryl methyl sites for hydroxylation is 1. The zero-order valence-corrected chi connectivity index (χ0v) is 11.2. The Hall–Kier alpha value is -2.69. The minimum absolute atomic E-state index is 0.285. The lowest BCUT2D eigenvalue weighted by atomic mass is 10.1. The van der Waals surface area contributed by atoms with Gasteiger partial charge >= 0.3 is 0 Å². The van der Waals surface area contributed by atoms with E-state index in [2.05, 4.69) is 10.2 Å². The summed E-state index contributed by atoms with van der Waals surface area (Å²) in [4.78, 5) is 15.8. The molecule has 0 bridgehead atoms. The van der Waals surface area contributed by atoms with Gasteiger partial charge in [-0.15, -0.1) is 4.91 Å². The monoisotopic (exact) mass is 267 g/mol. The fraction of sp³-hybridized carbons (Fsp3) is 0.133. The maximum Gasteiger partial charge on any atom is 0.209 e. The Balaban J connectivity index is 2.36. The SMILES string of the molecule is COc1ccccc1-c1nc2c(C)cccn2c1N=O. The molecule has 0 saturated heterocycles. The van der Waals surface area contributed by atoms with Gasteiger partial charge in [-0.3, -0.25) is 4.40 Å². The molecule has 5 nitrogen and oxygen atoms in total. The highest BCUT2D eigenvalue weighted by molar-refractivity contribution is 5.79. The van der Waals surface area contributed by atoms with E-state index >= 15 is 0 Å². The number of imidazole rings is 1. The highest BCUT2D eigenvalue weighted by atomic mass is 16.5. The highest BCUT2D eigenvalue weighted by Crippen LogP contribution is 2.36. The van der Waals surface area contributed by atoms with Gasteiger partial charge in [0.25, 0.3) is 0 Å². The van der Waals surface area contributed by atoms with E-state index in [1.165, 1.54) is 0 Å². The number of nitrogens with zero attached hydrogens (tertiary/aromatic N) is 3. The topological polar surface area (TPSA) is 56.0 Å². The van der Waals surface area contributed by atoms with Gasteiger partial charge in [0, 0.05) is 11.8 Å². The molecule has 0 N–H and O–H groups in total. The summed E-state index contributed by atoms with van der Waals surface area (Å²) in [7, 11) is 1.59. The fourth-order valence-corrected chi connectivity index (χ4v) is 2.30. The van der Waals surface area contributed by atoms with Crippen molar-refractivity contribution < 1.29 is 4.74 Å². The molecule has 0 spiro atoms. The lowest BCUT2D eigenvalue weighted by molar-refractivity contribution is 0.416. The molecular formula is C15H13N3O2. The Morgan fingerprint density at radius 1 is 1.20 bits per heavy atom. The van der Waals surface area contributed by atoms with Crippen LogP contribution in [0.3, 0.4) is 0 Å². The van der Waals surface area contributed by atoms with Crippen molar-refractivity contribution in [3.8, 4) is 17.0 Å². The first-order valence-electron chi connectivity index (χ1n) is 6.20. The van der Waals surface area contributed by atoms with Crippen molar-refractivity contribution in [1.82, 2.24) is 9.38 Å². The van der Waals surface area contributed by atoms with E-state index in [0.29, 0.717) is 11.4 Å². The van der Waals surface area contributed by atoms with Crippen LogP contribution in [0.15, 0.2) is 47.8 Å². The van der Waals surface area contributed by atoms with Gasteiger partial charge in [0.1, 0.15) is 17.1 Å². The molecule has 0 aliphatic carbocycles. The zero-order chi connectivity index (χ0) is 14.1. The molecule has 3 aromatic rings.